The molecule has 4 heteroatoms. The zero-order chi connectivity index (χ0) is 29.6. The van der Waals surface area contributed by atoms with Gasteiger partial charge >= 0.3 is 0 Å². The number of allylic oxidation sites excluding steroid dienone is 8. The molecule has 0 spiro atoms. The Hall–Kier alpha value is -3.21. The fourth-order valence-corrected chi connectivity index (χ4v) is 6.11. The molecule has 0 N–H and O–H groups in total. The van der Waals surface area contributed by atoms with Crippen LogP contribution in [0.5, 0.6) is 0 Å². The van der Waals surface area contributed by atoms with Crippen molar-refractivity contribution in [3.63, 3.8) is 0 Å². The minimum absolute atomic E-state index is 0.0513. The highest BCUT2D eigenvalue weighted by Gasteiger charge is 2.44. The zero-order valence-electron chi connectivity index (χ0n) is 26.4. The maximum absolute atomic E-state index is 5.54. The monoisotopic (exact) mass is 553 g/mol. The van der Waals surface area contributed by atoms with Crippen LogP contribution in [0.25, 0.3) is 0 Å². The van der Waals surface area contributed by atoms with Crippen LogP contribution in [0.1, 0.15) is 65.5 Å². The minimum atomic E-state index is -0.0513. The van der Waals surface area contributed by atoms with Crippen LogP contribution in [0.3, 0.4) is 0 Å². The lowest BCUT2D eigenvalue weighted by Gasteiger charge is -2.27. The van der Waals surface area contributed by atoms with E-state index in [4.69, 9.17) is 9.47 Å². The standard InChI is InChI=1S/C37H49N2O2/c1-28(40-7)24-26-38-32-20-16-14-18-30(32)36(3,4)34(38)22-12-10-9-11-13-23-35-37(5,6)31-19-15-17-21-33(31)39(35)27-25-29(2)41-8/h9-23,28-29H,24-27H2,1-8H3/q+1. The molecule has 2 aliphatic rings. The number of para-hydroxylation sites is 2. The smallest absolute Gasteiger partial charge is 0.209 e. The van der Waals surface area contributed by atoms with Gasteiger partial charge in [-0.25, -0.2) is 0 Å². The Balaban J connectivity index is 1.52. The predicted octanol–water partition coefficient (Wildman–Crippen LogP) is 8.26. The molecule has 2 unspecified atom stereocenters. The Morgan fingerprint density at radius 1 is 0.756 bits per heavy atom. The Morgan fingerprint density at radius 3 is 2.10 bits per heavy atom. The molecule has 0 aromatic heterocycles. The summed E-state index contributed by atoms with van der Waals surface area (Å²) in [6.45, 7) is 15.4. The van der Waals surface area contributed by atoms with E-state index in [0.717, 1.165) is 25.9 Å². The first-order valence-electron chi connectivity index (χ1n) is 15.0. The van der Waals surface area contributed by atoms with Gasteiger partial charge in [-0.2, -0.15) is 4.58 Å². The van der Waals surface area contributed by atoms with E-state index >= 15 is 0 Å². The third-order valence-electron chi connectivity index (χ3n) is 8.87. The Labute approximate surface area is 248 Å². The molecule has 4 nitrogen and oxygen atoms in total. The lowest BCUT2D eigenvalue weighted by Crippen LogP contribution is -2.28. The van der Waals surface area contributed by atoms with Gasteiger partial charge in [-0.1, -0.05) is 80.6 Å². The maximum atomic E-state index is 5.54. The number of nitrogens with zero attached hydrogens (tertiary/aromatic N) is 2. The van der Waals surface area contributed by atoms with Crippen LogP contribution in [0, 0.1) is 0 Å². The summed E-state index contributed by atoms with van der Waals surface area (Å²) in [4.78, 5) is 2.47. The van der Waals surface area contributed by atoms with Crippen molar-refractivity contribution < 1.29 is 14.0 Å². The molecule has 2 aliphatic heterocycles. The SMILES string of the molecule is COC(C)CCN1/C(=C/C=C/C=C/C=C/C2=[N+](CCC(C)OC)c3ccccc3C2(C)C)C(C)(C)c2ccccc21. The average molecular weight is 554 g/mol. The molecular weight excluding hydrogens is 504 g/mol. The minimum Gasteiger partial charge on any atom is -0.382 e. The fourth-order valence-electron chi connectivity index (χ4n) is 6.11. The van der Waals surface area contributed by atoms with E-state index in [9.17, 15) is 0 Å². The number of hydrogen-bond donors (Lipinski definition) is 0. The Kier molecular flexibility index (Phi) is 9.88. The van der Waals surface area contributed by atoms with E-state index in [0.29, 0.717) is 0 Å². The summed E-state index contributed by atoms with van der Waals surface area (Å²) in [5, 5.41) is 0. The summed E-state index contributed by atoms with van der Waals surface area (Å²) in [6, 6.07) is 17.6. The van der Waals surface area contributed by atoms with Crippen molar-refractivity contribution >= 4 is 17.1 Å². The van der Waals surface area contributed by atoms with Crippen molar-refractivity contribution in [1.82, 2.24) is 0 Å². The van der Waals surface area contributed by atoms with E-state index in [-0.39, 0.29) is 23.0 Å². The Bertz CT molecular complexity index is 1360. The first kappa shape index (κ1) is 30.7. The number of methoxy groups -OCH3 is 2. The van der Waals surface area contributed by atoms with Crippen molar-refractivity contribution in [2.45, 2.75) is 77.4 Å². The van der Waals surface area contributed by atoms with Gasteiger partial charge in [-0.3, -0.25) is 0 Å². The van der Waals surface area contributed by atoms with E-state index in [1.807, 2.05) is 0 Å². The molecule has 4 rings (SSSR count). The summed E-state index contributed by atoms with van der Waals surface area (Å²) in [5.74, 6) is 0. The highest BCUT2D eigenvalue weighted by Crippen LogP contribution is 2.47. The van der Waals surface area contributed by atoms with Crippen LogP contribution < -0.4 is 4.90 Å². The zero-order valence-corrected chi connectivity index (χ0v) is 26.4. The van der Waals surface area contributed by atoms with Gasteiger partial charge < -0.3 is 14.4 Å². The second-order valence-electron chi connectivity index (χ2n) is 12.3. The molecule has 0 saturated heterocycles. The van der Waals surface area contributed by atoms with Gasteiger partial charge in [0.05, 0.1) is 17.6 Å². The topological polar surface area (TPSA) is 24.7 Å². The van der Waals surface area contributed by atoms with Crippen LogP contribution >= 0.6 is 0 Å². The second kappa shape index (κ2) is 13.2. The quantitative estimate of drug-likeness (QED) is 0.195. The molecule has 0 radical (unpaired) electrons. The molecule has 41 heavy (non-hydrogen) atoms. The van der Waals surface area contributed by atoms with Gasteiger partial charge in [-0.15, -0.1) is 0 Å². The second-order valence-corrected chi connectivity index (χ2v) is 12.3. The molecule has 0 bridgehead atoms. The first-order valence-corrected chi connectivity index (χ1v) is 15.0. The lowest BCUT2D eigenvalue weighted by molar-refractivity contribution is -0.440. The number of hydrogen-bond acceptors (Lipinski definition) is 3. The normalized spacial score (nSPS) is 20.1. The Morgan fingerprint density at radius 2 is 1.37 bits per heavy atom. The molecular formula is C37H49N2O2+. The van der Waals surface area contributed by atoms with Crippen LogP contribution in [-0.2, 0) is 20.3 Å². The number of fused-ring (bicyclic) bond motifs is 2. The van der Waals surface area contributed by atoms with Gasteiger partial charge in [0.25, 0.3) is 0 Å². The summed E-state index contributed by atoms with van der Waals surface area (Å²) >= 11 is 0. The van der Waals surface area contributed by atoms with Gasteiger partial charge in [0, 0.05) is 61.7 Å². The van der Waals surface area contributed by atoms with Crippen LogP contribution in [0.4, 0.5) is 11.4 Å². The molecule has 0 fully saturated rings. The molecule has 0 aliphatic carbocycles. The third-order valence-corrected chi connectivity index (χ3v) is 8.87. The van der Waals surface area contributed by atoms with E-state index in [2.05, 4.69) is 142 Å². The van der Waals surface area contributed by atoms with Gasteiger partial charge in [0.15, 0.2) is 12.3 Å². The average Bonchev–Trinajstić information content (AvgIpc) is 3.32. The summed E-state index contributed by atoms with van der Waals surface area (Å²) in [7, 11) is 3.58. The van der Waals surface area contributed by atoms with Gasteiger partial charge in [-0.05, 0) is 51.8 Å². The maximum Gasteiger partial charge on any atom is 0.209 e. The first-order chi connectivity index (χ1) is 19.6. The number of rotatable bonds is 12. The fraction of sp³-hybridized carbons (Fsp3) is 0.432. The van der Waals surface area contributed by atoms with Crippen LogP contribution in [-0.4, -0.2) is 49.8 Å². The van der Waals surface area contributed by atoms with Crippen molar-refractivity contribution in [2.24, 2.45) is 0 Å². The molecule has 0 saturated carbocycles. The highest BCUT2D eigenvalue weighted by atomic mass is 16.5. The van der Waals surface area contributed by atoms with Crippen molar-refractivity contribution in [1.29, 1.82) is 0 Å². The van der Waals surface area contributed by atoms with Crippen molar-refractivity contribution in [2.75, 3.05) is 32.2 Å². The molecule has 2 aromatic rings. The van der Waals surface area contributed by atoms with Crippen LogP contribution in [0.2, 0.25) is 0 Å². The largest absolute Gasteiger partial charge is 0.382 e. The van der Waals surface area contributed by atoms with Crippen molar-refractivity contribution in [3.05, 3.63) is 108 Å². The summed E-state index contributed by atoms with van der Waals surface area (Å²) in [6.07, 6.45) is 17.7. The lowest BCUT2D eigenvalue weighted by atomic mass is 9.81. The van der Waals surface area contributed by atoms with E-state index in [1.165, 1.54) is 33.9 Å². The molecule has 2 aromatic carbocycles. The van der Waals surface area contributed by atoms with Crippen molar-refractivity contribution in [3.8, 4) is 0 Å². The number of ether oxygens (including phenoxy) is 2. The highest BCUT2D eigenvalue weighted by molar-refractivity contribution is 6.03. The van der Waals surface area contributed by atoms with E-state index in [1.54, 1.807) is 14.2 Å². The number of anilines is 1. The van der Waals surface area contributed by atoms with Gasteiger partial charge in [0.2, 0.25) is 5.69 Å². The summed E-state index contributed by atoms with van der Waals surface area (Å²) in [5.41, 5.74) is 7.92. The van der Waals surface area contributed by atoms with Crippen LogP contribution in [0.15, 0.2) is 96.8 Å². The third kappa shape index (κ3) is 6.50. The molecule has 0 amide bonds. The molecule has 2 heterocycles. The van der Waals surface area contributed by atoms with E-state index < -0.39 is 0 Å². The van der Waals surface area contributed by atoms with Gasteiger partial charge in [0.1, 0.15) is 0 Å². The predicted molar refractivity (Wildman–Crippen MR) is 174 cm³/mol. The summed E-state index contributed by atoms with van der Waals surface area (Å²) < 4.78 is 13.5. The molecule has 218 valence electrons. The number of benzene rings is 2. The molecule has 2 atom stereocenters.